The molecule has 6 atom stereocenters. The number of imide groups is 1. The number of ether oxygens (including phenoxy) is 5. The Bertz CT molecular complexity index is 1630. The predicted octanol–water partition coefficient (Wildman–Crippen LogP) is -3.14. The number of hydrogen-bond donors (Lipinski definition) is 7. The fourth-order valence-electron chi connectivity index (χ4n) is 4.67. The van der Waals surface area contributed by atoms with Crippen molar-refractivity contribution in [3.05, 3.63) is 35.9 Å². The third-order valence-electron chi connectivity index (χ3n) is 7.47. The lowest BCUT2D eigenvalue weighted by molar-refractivity contribution is -0.271. The van der Waals surface area contributed by atoms with Crippen molar-refractivity contribution in [2.45, 2.75) is 63.6 Å². The van der Waals surface area contributed by atoms with Gasteiger partial charge < -0.3 is 54.7 Å². The Balaban J connectivity index is 1.53. The maximum absolute atomic E-state index is 12.6. The second kappa shape index (κ2) is 19.4. The smallest absolute Gasteiger partial charge is 0.335 e. The standard InChI is InChI=1S/C31H41N3O18S/c1-16(2)30(44)50-14-17-3-4-18(51-31-26(40)24(38)25(39)27(52-31)29(42)43)13-20(17)49-12-11-48-10-8-32-28(41)19(15-53(45,46)47)33-21(35)7-9-34-22(36)5-6-23(34)37/h3-6,13,16,19,24-27,31,38-40H,7-12,14-15H2,1-2H3,(H,32,41)(H,33,35)(H,42,43)(H,45,46,47)/t19-,24-,25-,26+,27-,31+/m0/s1. The number of carboxylic acid groups (broad SMARTS) is 1. The first-order valence-electron chi connectivity index (χ1n) is 16.0. The summed E-state index contributed by atoms with van der Waals surface area (Å²) < 4.78 is 59.3. The van der Waals surface area contributed by atoms with Crippen LogP contribution in [0.15, 0.2) is 30.4 Å². The van der Waals surface area contributed by atoms with Crippen LogP contribution in [0.4, 0.5) is 0 Å². The lowest BCUT2D eigenvalue weighted by atomic mass is 9.99. The van der Waals surface area contributed by atoms with Gasteiger partial charge in [-0.05, 0) is 12.1 Å². The van der Waals surface area contributed by atoms with Crippen molar-refractivity contribution in [2.75, 3.05) is 38.7 Å². The number of amides is 4. The first-order chi connectivity index (χ1) is 24.9. The van der Waals surface area contributed by atoms with E-state index in [4.69, 9.17) is 23.7 Å². The molecular weight excluding hydrogens is 734 g/mol. The number of aliphatic hydroxyl groups excluding tert-OH is 3. The van der Waals surface area contributed by atoms with E-state index < -0.39 is 101 Å². The van der Waals surface area contributed by atoms with Crippen LogP contribution in [0.3, 0.4) is 0 Å². The Hall–Kier alpha value is -4.71. The summed E-state index contributed by atoms with van der Waals surface area (Å²) in [5.41, 5.74) is 0.366. The van der Waals surface area contributed by atoms with Crippen molar-refractivity contribution in [3.63, 3.8) is 0 Å². The van der Waals surface area contributed by atoms with Gasteiger partial charge in [0.25, 0.3) is 21.9 Å². The Labute approximate surface area is 302 Å². The summed E-state index contributed by atoms with van der Waals surface area (Å²) in [6.07, 6.45) is -7.68. The fraction of sp³-hybridized carbons (Fsp3) is 0.548. The number of aliphatic carboxylic acids is 1. The van der Waals surface area contributed by atoms with E-state index >= 15 is 0 Å². The molecule has 2 aliphatic heterocycles. The zero-order valence-electron chi connectivity index (χ0n) is 28.5. The highest BCUT2D eigenvalue weighted by Crippen LogP contribution is 2.30. The van der Waals surface area contributed by atoms with Crippen molar-refractivity contribution in [2.24, 2.45) is 5.92 Å². The molecule has 4 amide bonds. The molecule has 0 saturated carbocycles. The third-order valence-corrected chi connectivity index (χ3v) is 8.22. The highest BCUT2D eigenvalue weighted by molar-refractivity contribution is 7.85. The summed E-state index contributed by atoms with van der Waals surface area (Å²) in [7, 11) is -4.73. The SMILES string of the molecule is CC(C)C(=O)OCc1ccc(O[C@@H]2O[C@H](C(=O)O)[C@@H](O)[C@H](O)[C@H]2O)cc1OCCOCCNC(=O)[C@H](CS(=O)(=O)O)NC(=O)CCN1C(=O)C=CC1=O. The zero-order valence-corrected chi connectivity index (χ0v) is 29.3. The van der Waals surface area contributed by atoms with Crippen molar-refractivity contribution < 1.29 is 85.8 Å². The van der Waals surface area contributed by atoms with E-state index in [1.54, 1.807) is 13.8 Å². The van der Waals surface area contributed by atoms with E-state index in [9.17, 15) is 62.2 Å². The third kappa shape index (κ3) is 13.0. The number of carbonyl (C=O) groups is 6. The minimum atomic E-state index is -4.73. The normalized spacial score (nSPS) is 22.0. The fourth-order valence-corrected chi connectivity index (χ4v) is 5.32. The molecule has 0 spiro atoms. The molecule has 0 aliphatic carbocycles. The maximum atomic E-state index is 12.6. The highest BCUT2D eigenvalue weighted by Gasteiger charge is 2.48. The molecule has 53 heavy (non-hydrogen) atoms. The van der Waals surface area contributed by atoms with Crippen LogP contribution in [0.2, 0.25) is 0 Å². The summed E-state index contributed by atoms with van der Waals surface area (Å²) in [6, 6.07) is 2.42. The monoisotopic (exact) mass is 775 g/mol. The Kier molecular flexibility index (Phi) is 15.6. The van der Waals surface area contributed by atoms with Crippen LogP contribution < -0.4 is 20.1 Å². The summed E-state index contributed by atoms with van der Waals surface area (Å²) in [6.45, 7) is 2.19. The summed E-state index contributed by atoms with van der Waals surface area (Å²) in [4.78, 5) is 72.5. The summed E-state index contributed by atoms with van der Waals surface area (Å²) >= 11 is 0. The number of esters is 1. The number of benzene rings is 1. The molecule has 2 aliphatic rings. The van der Waals surface area contributed by atoms with Crippen LogP contribution in [-0.2, 0) is 59.7 Å². The van der Waals surface area contributed by atoms with Gasteiger partial charge in [-0.25, -0.2) is 4.79 Å². The molecule has 1 saturated heterocycles. The number of hydrogen-bond acceptors (Lipinski definition) is 16. The molecule has 0 radical (unpaired) electrons. The van der Waals surface area contributed by atoms with Gasteiger partial charge in [-0.2, -0.15) is 8.42 Å². The molecule has 2 heterocycles. The number of nitrogens with one attached hydrogen (secondary N) is 2. The number of nitrogens with zero attached hydrogens (tertiary/aromatic N) is 1. The van der Waals surface area contributed by atoms with E-state index in [0.29, 0.717) is 5.56 Å². The predicted molar refractivity (Wildman–Crippen MR) is 174 cm³/mol. The number of carbonyl (C=O) groups excluding carboxylic acids is 5. The molecule has 22 heteroatoms. The molecule has 0 bridgehead atoms. The Morgan fingerprint density at radius 2 is 1.66 bits per heavy atom. The van der Waals surface area contributed by atoms with Gasteiger partial charge in [-0.1, -0.05) is 13.8 Å². The second-order valence-corrected chi connectivity index (χ2v) is 13.4. The van der Waals surface area contributed by atoms with Gasteiger partial charge in [0.2, 0.25) is 18.1 Å². The molecule has 7 N–H and O–H groups in total. The molecule has 294 valence electrons. The minimum absolute atomic E-state index is 0.0269. The molecule has 21 nitrogen and oxygen atoms in total. The zero-order chi connectivity index (χ0) is 39.5. The van der Waals surface area contributed by atoms with E-state index in [0.717, 1.165) is 17.1 Å². The van der Waals surface area contributed by atoms with Crippen molar-refractivity contribution in [1.29, 1.82) is 0 Å². The quantitative estimate of drug-likeness (QED) is 0.0298. The highest BCUT2D eigenvalue weighted by atomic mass is 32.2. The molecule has 0 unspecified atom stereocenters. The van der Waals surface area contributed by atoms with Gasteiger partial charge in [0.1, 0.15) is 54.8 Å². The molecule has 1 fully saturated rings. The first-order valence-corrected chi connectivity index (χ1v) is 17.6. The van der Waals surface area contributed by atoms with Crippen LogP contribution >= 0.6 is 0 Å². The lowest BCUT2D eigenvalue weighted by Crippen LogP contribution is -2.61. The van der Waals surface area contributed by atoms with Gasteiger partial charge in [0, 0.05) is 43.3 Å². The average molecular weight is 776 g/mol. The van der Waals surface area contributed by atoms with E-state index in [1.807, 2.05) is 0 Å². The summed E-state index contributed by atoms with van der Waals surface area (Å²) in [5, 5.41) is 44.1. The summed E-state index contributed by atoms with van der Waals surface area (Å²) in [5.74, 6) is -6.74. The van der Waals surface area contributed by atoms with Crippen LogP contribution in [0.25, 0.3) is 0 Å². The first kappa shape index (κ1) is 42.7. The van der Waals surface area contributed by atoms with Crippen LogP contribution in [0, 0.1) is 5.92 Å². The van der Waals surface area contributed by atoms with Gasteiger partial charge in [-0.3, -0.25) is 33.4 Å². The number of rotatable bonds is 20. The number of carboxylic acids is 1. The topological polar surface area (TPSA) is 311 Å². The van der Waals surface area contributed by atoms with Crippen molar-refractivity contribution >= 4 is 45.7 Å². The van der Waals surface area contributed by atoms with E-state index in [2.05, 4.69) is 10.6 Å². The van der Waals surface area contributed by atoms with Crippen LogP contribution in [-0.4, -0.2) is 149 Å². The Morgan fingerprint density at radius 1 is 0.981 bits per heavy atom. The molecule has 1 aromatic rings. The average Bonchev–Trinajstić information content (AvgIpc) is 3.41. The minimum Gasteiger partial charge on any atom is -0.491 e. The second-order valence-electron chi connectivity index (χ2n) is 11.9. The van der Waals surface area contributed by atoms with Crippen LogP contribution in [0.5, 0.6) is 11.5 Å². The lowest BCUT2D eigenvalue weighted by Gasteiger charge is -2.38. The Morgan fingerprint density at radius 3 is 2.28 bits per heavy atom. The van der Waals surface area contributed by atoms with Gasteiger partial charge in [0.15, 0.2) is 6.10 Å². The van der Waals surface area contributed by atoms with Crippen molar-refractivity contribution in [1.82, 2.24) is 15.5 Å². The van der Waals surface area contributed by atoms with Gasteiger partial charge in [-0.15, -0.1) is 0 Å². The van der Waals surface area contributed by atoms with Crippen molar-refractivity contribution in [3.8, 4) is 11.5 Å². The molecular formula is C31H41N3O18S. The largest absolute Gasteiger partial charge is 0.491 e. The van der Waals surface area contributed by atoms with E-state index in [-0.39, 0.29) is 51.0 Å². The molecule has 3 rings (SSSR count). The van der Waals surface area contributed by atoms with E-state index in [1.165, 1.54) is 18.2 Å². The maximum Gasteiger partial charge on any atom is 0.335 e. The molecule has 1 aromatic carbocycles. The molecule has 0 aromatic heterocycles. The number of aliphatic hydroxyl groups is 3. The van der Waals surface area contributed by atoms with Gasteiger partial charge in [0.05, 0.1) is 19.1 Å². The van der Waals surface area contributed by atoms with Gasteiger partial charge >= 0.3 is 11.9 Å². The van der Waals surface area contributed by atoms with Crippen LogP contribution in [0.1, 0.15) is 25.8 Å².